The zero-order chi connectivity index (χ0) is 22.1. The molecule has 1 heterocycles. The van der Waals surface area contributed by atoms with E-state index in [4.69, 9.17) is 23.2 Å². The number of halogens is 2. The third-order valence-corrected chi connectivity index (χ3v) is 5.43. The van der Waals surface area contributed by atoms with Gasteiger partial charge >= 0.3 is 0 Å². The minimum absolute atomic E-state index is 0.0431. The second-order valence-corrected chi connectivity index (χ2v) is 8.25. The van der Waals surface area contributed by atoms with Gasteiger partial charge in [0.2, 0.25) is 5.82 Å². The lowest BCUT2D eigenvalue weighted by molar-refractivity contribution is 0.101. The fourth-order valence-electron chi connectivity index (χ4n) is 3.28. The Labute approximate surface area is 190 Å². The Hall–Kier alpha value is -3.15. The number of amides is 1. The molecule has 0 aliphatic carbocycles. The number of carbonyl (C=O) groups is 1. The molecular formula is C24H20Cl2N4O. The first-order chi connectivity index (χ1) is 14.8. The van der Waals surface area contributed by atoms with Gasteiger partial charge in [0.05, 0.1) is 16.4 Å². The molecule has 0 atom stereocenters. The number of aromatic nitrogens is 3. The fraction of sp³-hybridized carbons (Fsp3) is 0.125. The molecule has 4 aromatic rings. The molecule has 3 aromatic carbocycles. The van der Waals surface area contributed by atoms with Gasteiger partial charge in [-0.2, -0.15) is 0 Å². The van der Waals surface area contributed by atoms with Crippen molar-refractivity contribution in [3.8, 4) is 17.1 Å². The zero-order valence-electron chi connectivity index (χ0n) is 17.3. The van der Waals surface area contributed by atoms with Crippen LogP contribution >= 0.6 is 23.2 Å². The van der Waals surface area contributed by atoms with Gasteiger partial charge in [-0.15, -0.1) is 5.10 Å². The highest BCUT2D eigenvalue weighted by atomic mass is 35.5. The second-order valence-electron chi connectivity index (χ2n) is 7.41. The van der Waals surface area contributed by atoms with Crippen LogP contribution in [0.2, 0.25) is 10.0 Å². The molecular weight excluding hydrogens is 431 g/mol. The quantitative estimate of drug-likeness (QED) is 0.390. The molecule has 4 rings (SSSR count). The molecule has 0 saturated carbocycles. The van der Waals surface area contributed by atoms with Crippen molar-refractivity contribution in [2.24, 2.45) is 0 Å². The number of hydrogen-bond donors (Lipinski definition) is 1. The maximum absolute atomic E-state index is 12.9. The Kier molecular flexibility index (Phi) is 5.81. The summed E-state index contributed by atoms with van der Waals surface area (Å²) in [7, 11) is 0. The predicted octanol–water partition coefficient (Wildman–Crippen LogP) is 6.42. The Morgan fingerprint density at radius 1 is 0.903 bits per heavy atom. The van der Waals surface area contributed by atoms with Crippen molar-refractivity contribution >= 4 is 34.8 Å². The summed E-state index contributed by atoms with van der Waals surface area (Å²) in [5.74, 6) is 0.168. The van der Waals surface area contributed by atoms with Crippen LogP contribution in [0.3, 0.4) is 0 Å². The van der Waals surface area contributed by atoms with Crippen molar-refractivity contribution in [3.05, 3.63) is 93.2 Å². The molecule has 0 fully saturated rings. The van der Waals surface area contributed by atoms with Crippen molar-refractivity contribution in [1.82, 2.24) is 14.8 Å². The Balaban J connectivity index is 1.79. The summed E-state index contributed by atoms with van der Waals surface area (Å²) >= 11 is 12.1. The van der Waals surface area contributed by atoms with Gasteiger partial charge in [-0.25, -0.2) is 9.67 Å². The molecule has 31 heavy (non-hydrogen) atoms. The molecule has 1 N–H and O–H groups in total. The van der Waals surface area contributed by atoms with E-state index in [2.05, 4.69) is 21.5 Å². The smallest absolute Gasteiger partial charge is 0.295 e. The van der Waals surface area contributed by atoms with E-state index in [0.29, 0.717) is 21.6 Å². The molecule has 156 valence electrons. The highest BCUT2D eigenvalue weighted by molar-refractivity contribution is 6.36. The molecule has 0 saturated heterocycles. The standard InChI is InChI=1S/C24H20Cl2N4O/c1-14-4-7-17(8-5-14)23-28-22(24(31)27-20-10-9-18(25)13-19(20)26)29-30(23)21-11-6-15(2)12-16(21)3/h4-13H,1-3H3,(H,27,31). The molecule has 0 unspecified atom stereocenters. The minimum atomic E-state index is -0.457. The Morgan fingerprint density at radius 2 is 1.61 bits per heavy atom. The van der Waals surface area contributed by atoms with Gasteiger partial charge in [-0.1, -0.05) is 70.7 Å². The predicted molar refractivity (Wildman–Crippen MR) is 125 cm³/mol. The lowest BCUT2D eigenvalue weighted by Gasteiger charge is -2.10. The van der Waals surface area contributed by atoms with Crippen molar-refractivity contribution in [1.29, 1.82) is 0 Å². The Morgan fingerprint density at radius 3 is 2.29 bits per heavy atom. The average Bonchev–Trinajstić information content (AvgIpc) is 3.16. The molecule has 1 aromatic heterocycles. The number of hydrogen-bond acceptors (Lipinski definition) is 3. The number of rotatable bonds is 4. The summed E-state index contributed by atoms with van der Waals surface area (Å²) in [6.07, 6.45) is 0. The van der Waals surface area contributed by atoms with Crippen LogP contribution in [0.5, 0.6) is 0 Å². The summed E-state index contributed by atoms with van der Waals surface area (Å²) in [5, 5.41) is 8.13. The molecule has 0 bridgehead atoms. The van der Waals surface area contributed by atoms with E-state index in [1.54, 1.807) is 22.9 Å². The molecule has 0 aliphatic heterocycles. The van der Waals surface area contributed by atoms with Crippen LogP contribution in [0.25, 0.3) is 17.1 Å². The third kappa shape index (κ3) is 4.48. The topological polar surface area (TPSA) is 59.8 Å². The van der Waals surface area contributed by atoms with Gasteiger partial charge in [0.1, 0.15) is 0 Å². The van der Waals surface area contributed by atoms with Crippen molar-refractivity contribution in [2.45, 2.75) is 20.8 Å². The highest BCUT2D eigenvalue weighted by Gasteiger charge is 2.20. The van der Waals surface area contributed by atoms with Gasteiger partial charge in [-0.3, -0.25) is 4.79 Å². The SMILES string of the molecule is Cc1ccc(-c2nc(C(=O)Nc3ccc(Cl)cc3Cl)nn2-c2ccc(C)cc2C)cc1. The van der Waals surface area contributed by atoms with Gasteiger partial charge in [0, 0.05) is 10.6 Å². The van der Waals surface area contributed by atoms with E-state index < -0.39 is 5.91 Å². The summed E-state index contributed by atoms with van der Waals surface area (Å²) in [6.45, 7) is 6.07. The maximum atomic E-state index is 12.9. The first-order valence-electron chi connectivity index (χ1n) is 9.70. The van der Waals surface area contributed by atoms with Crippen LogP contribution in [0, 0.1) is 20.8 Å². The van der Waals surface area contributed by atoms with Crippen LogP contribution in [0.15, 0.2) is 60.7 Å². The summed E-state index contributed by atoms with van der Waals surface area (Å²) in [6, 6.07) is 18.9. The van der Waals surface area contributed by atoms with Crippen molar-refractivity contribution < 1.29 is 4.79 Å². The van der Waals surface area contributed by atoms with Crippen LogP contribution in [0.4, 0.5) is 5.69 Å². The van der Waals surface area contributed by atoms with E-state index >= 15 is 0 Å². The monoisotopic (exact) mass is 450 g/mol. The van der Waals surface area contributed by atoms with Crippen LogP contribution in [-0.2, 0) is 0 Å². The normalized spacial score (nSPS) is 10.9. The van der Waals surface area contributed by atoms with Gasteiger partial charge in [0.15, 0.2) is 5.82 Å². The van der Waals surface area contributed by atoms with Gasteiger partial charge < -0.3 is 5.32 Å². The fourth-order valence-corrected chi connectivity index (χ4v) is 3.73. The number of carbonyl (C=O) groups excluding carboxylic acids is 1. The number of aryl methyl sites for hydroxylation is 3. The molecule has 7 heteroatoms. The van der Waals surface area contributed by atoms with Crippen LogP contribution in [-0.4, -0.2) is 20.7 Å². The van der Waals surface area contributed by atoms with E-state index in [-0.39, 0.29) is 5.82 Å². The third-order valence-electron chi connectivity index (χ3n) is 4.88. The second kappa shape index (κ2) is 8.53. The minimum Gasteiger partial charge on any atom is -0.318 e. The lowest BCUT2D eigenvalue weighted by atomic mass is 10.1. The van der Waals surface area contributed by atoms with Crippen molar-refractivity contribution in [2.75, 3.05) is 5.32 Å². The van der Waals surface area contributed by atoms with Crippen molar-refractivity contribution in [3.63, 3.8) is 0 Å². The molecule has 0 spiro atoms. The van der Waals surface area contributed by atoms with Gasteiger partial charge in [-0.05, 0) is 50.6 Å². The summed E-state index contributed by atoms with van der Waals surface area (Å²) in [5.41, 5.74) is 5.48. The average molecular weight is 451 g/mol. The van der Waals surface area contributed by atoms with E-state index in [0.717, 1.165) is 27.9 Å². The van der Waals surface area contributed by atoms with Crippen LogP contribution in [0.1, 0.15) is 27.3 Å². The Bertz CT molecular complexity index is 1280. The summed E-state index contributed by atoms with van der Waals surface area (Å²) < 4.78 is 1.71. The van der Waals surface area contributed by atoms with Gasteiger partial charge in [0.25, 0.3) is 5.91 Å². The first kappa shape index (κ1) is 21.1. The molecule has 1 amide bonds. The number of nitrogens with one attached hydrogen (secondary N) is 1. The summed E-state index contributed by atoms with van der Waals surface area (Å²) in [4.78, 5) is 17.5. The molecule has 0 aliphatic rings. The van der Waals surface area contributed by atoms with E-state index in [9.17, 15) is 4.79 Å². The largest absolute Gasteiger partial charge is 0.318 e. The van der Waals surface area contributed by atoms with E-state index in [1.807, 2.05) is 57.2 Å². The number of anilines is 1. The highest BCUT2D eigenvalue weighted by Crippen LogP contribution is 2.27. The molecule has 0 radical (unpaired) electrons. The number of benzene rings is 3. The van der Waals surface area contributed by atoms with E-state index in [1.165, 1.54) is 0 Å². The molecule has 5 nitrogen and oxygen atoms in total. The maximum Gasteiger partial charge on any atom is 0.295 e. The zero-order valence-corrected chi connectivity index (χ0v) is 18.8. The first-order valence-corrected chi connectivity index (χ1v) is 10.5. The lowest BCUT2D eigenvalue weighted by Crippen LogP contribution is -2.14. The van der Waals surface area contributed by atoms with Crippen LogP contribution < -0.4 is 5.32 Å². The number of nitrogens with zero attached hydrogens (tertiary/aromatic N) is 3.